The lowest BCUT2D eigenvalue weighted by Gasteiger charge is -2.21. The van der Waals surface area contributed by atoms with E-state index in [1.165, 1.54) is 205 Å². The van der Waals surface area contributed by atoms with Gasteiger partial charge in [0.05, 0.1) is 26.4 Å². The van der Waals surface area contributed by atoms with Gasteiger partial charge in [0.15, 0.2) is 12.2 Å². The topological polar surface area (TPSA) is 237 Å². The normalized spacial score (nSPS) is 14.0. The minimum Gasteiger partial charge on any atom is -0.462 e. The van der Waals surface area contributed by atoms with Gasteiger partial charge in [-0.25, -0.2) is 9.13 Å². The molecule has 19 heteroatoms. The van der Waals surface area contributed by atoms with Gasteiger partial charge in [0, 0.05) is 25.7 Å². The van der Waals surface area contributed by atoms with Crippen LogP contribution >= 0.6 is 15.6 Å². The maximum Gasteiger partial charge on any atom is 0.472 e. The van der Waals surface area contributed by atoms with E-state index in [4.69, 9.17) is 37.0 Å². The van der Waals surface area contributed by atoms with Crippen LogP contribution in [-0.4, -0.2) is 96.7 Å². The van der Waals surface area contributed by atoms with Crippen LogP contribution < -0.4 is 0 Å². The second-order valence-corrected chi connectivity index (χ2v) is 30.9. The molecule has 0 saturated carbocycles. The first-order valence-electron chi connectivity index (χ1n) is 39.0. The van der Waals surface area contributed by atoms with Crippen molar-refractivity contribution in [3.63, 3.8) is 0 Å². The molecule has 3 N–H and O–H groups in total. The molecule has 0 heterocycles. The maximum atomic E-state index is 13.1. The van der Waals surface area contributed by atoms with Crippen molar-refractivity contribution in [1.29, 1.82) is 0 Å². The molecule has 0 aromatic rings. The number of carbonyl (C=O) groups is 4. The van der Waals surface area contributed by atoms with Crippen molar-refractivity contribution in [1.82, 2.24) is 0 Å². The Balaban J connectivity index is 5.26. The predicted octanol–water partition coefficient (Wildman–Crippen LogP) is 21.9. The Morgan fingerprint density at radius 1 is 0.287 bits per heavy atom. The van der Waals surface area contributed by atoms with Crippen LogP contribution in [0.1, 0.15) is 388 Å². The quantitative estimate of drug-likeness (QED) is 0.0222. The molecule has 0 fully saturated rings. The monoisotopic (exact) mass is 1380 g/mol. The fraction of sp³-hybridized carbons (Fsp3) is 0.947. The summed E-state index contributed by atoms with van der Waals surface area (Å²) >= 11 is 0. The van der Waals surface area contributed by atoms with Crippen molar-refractivity contribution in [2.45, 2.75) is 407 Å². The zero-order valence-corrected chi connectivity index (χ0v) is 63.1. The summed E-state index contributed by atoms with van der Waals surface area (Å²) in [5.74, 6) is -0.566. The molecule has 2 unspecified atom stereocenters. The third kappa shape index (κ3) is 68.6. The van der Waals surface area contributed by atoms with E-state index in [9.17, 15) is 43.2 Å². The van der Waals surface area contributed by atoms with Crippen molar-refractivity contribution in [2.24, 2.45) is 11.8 Å². The third-order valence-corrected chi connectivity index (χ3v) is 19.4. The van der Waals surface area contributed by atoms with E-state index >= 15 is 0 Å². The lowest BCUT2D eigenvalue weighted by Crippen LogP contribution is -2.30. The average Bonchev–Trinajstić information content (AvgIpc) is 2.97. The zero-order valence-electron chi connectivity index (χ0n) is 61.3. The Hall–Kier alpha value is -1.94. The minimum atomic E-state index is -4.96. The van der Waals surface area contributed by atoms with Crippen molar-refractivity contribution in [3.8, 4) is 0 Å². The largest absolute Gasteiger partial charge is 0.472 e. The second kappa shape index (κ2) is 66.9. The highest BCUT2D eigenvalue weighted by Gasteiger charge is 2.30. The molecule has 17 nitrogen and oxygen atoms in total. The summed E-state index contributed by atoms with van der Waals surface area (Å²) in [6.07, 6.45) is 53.9. The predicted molar refractivity (Wildman–Crippen MR) is 381 cm³/mol. The van der Waals surface area contributed by atoms with Crippen LogP contribution in [0.4, 0.5) is 0 Å². The van der Waals surface area contributed by atoms with E-state index in [2.05, 4.69) is 41.5 Å². The number of ether oxygens (including phenoxy) is 4. The fourth-order valence-electron chi connectivity index (χ4n) is 11.5. The first-order chi connectivity index (χ1) is 45.4. The van der Waals surface area contributed by atoms with Gasteiger partial charge in [-0.2, -0.15) is 0 Å². The number of hydrogen-bond donors (Lipinski definition) is 3. The minimum absolute atomic E-state index is 0.107. The maximum absolute atomic E-state index is 13.1. The fourth-order valence-corrected chi connectivity index (χ4v) is 13.1. The highest BCUT2D eigenvalue weighted by atomic mass is 31.2. The summed E-state index contributed by atoms with van der Waals surface area (Å²) in [5.41, 5.74) is 0. The molecule has 5 atom stereocenters. The highest BCUT2D eigenvalue weighted by molar-refractivity contribution is 7.47. The molecule has 0 aliphatic heterocycles. The molecule has 0 bridgehead atoms. The van der Waals surface area contributed by atoms with Crippen LogP contribution in [0.15, 0.2) is 0 Å². The van der Waals surface area contributed by atoms with Gasteiger partial charge in [-0.1, -0.05) is 337 Å². The third-order valence-electron chi connectivity index (χ3n) is 17.5. The molecular weight excluding hydrogens is 1230 g/mol. The molecule has 0 rings (SSSR count). The van der Waals surface area contributed by atoms with Crippen molar-refractivity contribution in [3.05, 3.63) is 0 Å². The van der Waals surface area contributed by atoms with E-state index in [0.717, 1.165) is 102 Å². The summed E-state index contributed by atoms with van der Waals surface area (Å²) in [5, 5.41) is 10.6. The van der Waals surface area contributed by atoms with Crippen LogP contribution in [0.5, 0.6) is 0 Å². The molecule has 0 spiro atoms. The molecule has 558 valence electrons. The first kappa shape index (κ1) is 92.1. The molecule has 0 aliphatic carbocycles. The highest BCUT2D eigenvalue weighted by Crippen LogP contribution is 2.45. The van der Waals surface area contributed by atoms with Crippen LogP contribution in [0, 0.1) is 11.8 Å². The number of phosphoric ester groups is 2. The summed E-state index contributed by atoms with van der Waals surface area (Å²) in [4.78, 5) is 72.8. The number of aliphatic hydroxyl groups is 1. The number of hydrogen-bond acceptors (Lipinski definition) is 15. The first-order valence-corrected chi connectivity index (χ1v) is 42.0. The molecule has 0 saturated heterocycles. The van der Waals surface area contributed by atoms with E-state index in [1.54, 1.807) is 0 Å². The molecule has 94 heavy (non-hydrogen) atoms. The zero-order chi connectivity index (χ0) is 69.3. The number of esters is 4. The van der Waals surface area contributed by atoms with Gasteiger partial charge in [-0.05, 0) is 37.5 Å². The van der Waals surface area contributed by atoms with Gasteiger partial charge in [0.25, 0.3) is 0 Å². The Labute approximate surface area is 575 Å². The summed E-state index contributed by atoms with van der Waals surface area (Å²) in [6, 6.07) is 0. The molecule has 0 aromatic heterocycles. The number of carbonyl (C=O) groups excluding carboxylic acids is 4. The molecular formula is C75H146O17P2. The van der Waals surface area contributed by atoms with Crippen molar-refractivity contribution < 1.29 is 80.2 Å². The Bertz CT molecular complexity index is 1820. The van der Waals surface area contributed by atoms with Crippen molar-refractivity contribution >= 4 is 39.5 Å². The SMILES string of the molecule is CCCCCCCCCCCCCCCCC(=O)O[C@H](COC(=O)CCCCCCCCCCCCC)COP(=O)(O)OC[C@H](O)COP(=O)(O)OC[C@@H](COC(=O)CCCCCCCCCCCCCC(C)C)OC(=O)CCCCCCCCCCCCCCC(C)C. The average molecular weight is 1380 g/mol. The number of rotatable bonds is 74. The van der Waals surface area contributed by atoms with E-state index in [1.807, 2.05) is 0 Å². The number of phosphoric acid groups is 2. The number of unbranched alkanes of at least 4 members (excludes halogenated alkanes) is 44. The van der Waals surface area contributed by atoms with Gasteiger partial charge in [-0.15, -0.1) is 0 Å². The lowest BCUT2D eigenvalue weighted by molar-refractivity contribution is -0.161. The second-order valence-electron chi connectivity index (χ2n) is 28.0. The van der Waals surface area contributed by atoms with Crippen molar-refractivity contribution in [2.75, 3.05) is 39.6 Å². The van der Waals surface area contributed by atoms with Crippen LogP contribution in [0.2, 0.25) is 0 Å². The lowest BCUT2D eigenvalue weighted by atomic mass is 10.0. The van der Waals surface area contributed by atoms with Gasteiger partial charge in [0.1, 0.15) is 19.3 Å². The molecule has 0 aliphatic rings. The van der Waals surface area contributed by atoms with Crippen LogP contribution in [0.3, 0.4) is 0 Å². The van der Waals surface area contributed by atoms with Gasteiger partial charge < -0.3 is 33.8 Å². The van der Waals surface area contributed by atoms with Gasteiger partial charge >= 0.3 is 39.5 Å². The summed E-state index contributed by atoms with van der Waals surface area (Å²) in [6.45, 7) is 9.61. The van der Waals surface area contributed by atoms with E-state index in [0.29, 0.717) is 25.7 Å². The van der Waals surface area contributed by atoms with E-state index in [-0.39, 0.29) is 25.7 Å². The Morgan fingerprint density at radius 2 is 0.489 bits per heavy atom. The Morgan fingerprint density at radius 3 is 0.723 bits per heavy atom. The molecule has 0 radical (unpaired) electrons. The molecule has 0 amide bonds. The smallest absolute Gasteiger partial charge is 0.462 e. The summed E-state index contributed by atoms with van der Waals surface area (Å²) in [7, 11) is -9.91. The van der Waals surface area contributed by atoms with Crippen LogP contribution in [-0.2, 0) is 65.4 Å². The Kier molecular flexibility index (Phi) is 65.5. The van der Waals surface area contributed by atoms with Gasteiger partial charge in [-0.3, -0.25) is 37.3 Å². The van der Waals surface area contributed by atoms with E-state index < -0.39 is 97.5 Å². The van der Waals surface area contributed by atoms with Gasteiger partial charge in [0.2, 0.25) is 0 Å². The number of aliphatic hydroxyl groups excluding tert-OH is 1. The standard InChI is InChI=1S/C75H146O17P2/c1-7-9-11-13-15-17-19-20-21-28-35-41-47-53-59-74(79)91-70(63-85-72(77)57-51-45-39-33-25-18-16-14-12-10-8-2)65-89-93(81,82)87-61-69(76)62-88-94(83,84)90-66-71(64-86-73(78)58-52-46-40-34-30-24-27-32-38-44-50-56-68(5)6)92-75(80)60-54-48-42-36-29-23-22-26-31-37-43-49-55-67(3)4/h67-71,76H,7-66H2,1-6H3,(H,81,82)(H,83,84)/t69-,70+,71+/m0/s1. The molecule has 0 aromatic carbocycles. The summed E-state index contributed by atoms with van der Waals surface area (Å²) < 4.78 is 68.5. The van der Waals surface area contributed by atoms with Crippen LogP contribution in [0.25, 0.3) is 0 Å².